The SMILES string of the molecule is O=C(NCc1ccc(C(=O)O)s1)c1ccnc(OC2CCOC2)c1. The minimum absolute atomic E-state index is 0.0311. The molecule has 0 aliphatic carbocycles. The first-order chi connectivity index (χ1) is 11.6. The highest BCUT2D eigenvalue weighted by Crippen LogP contribution is 2.17. The van der Waals surface area contributed by atoms with Crippen LogP contribution in [0.15, 0.2) is 30.5 Å². The molecule has 2 aromatic rings. The predicted octanol–water partition coefficient (Wildman–Crippen LogP) is 1.94. The fraction of sp³-hybridized carbons (Fsp3) is 0.312. The van der Waals surface area contributed by atoms with Gasteiger partial charge in [-0.05, 0) is 18.2 Å². The Morgan fingerprint density at radius 3 is 3.00 bits per heavy atom. The molecule has 0 aromatic carbocycles. The molecule has 7 nitrogen and oxygen atoms in total. The van der Waals surface area contributed by atoms with Crippen molar-refractivity contribution < 1.29 is 24.2 Å². The molecule has 2 N–H and O–H groups in total. The molecule has 2 aromatic heterocycles. The minimum Gasteiger partial charge on any atom is -0.477 e. The number of thiophene rings is 1. The lowest BCUT2D eigenvalue weighted by Crippen LogP contribution is -2.23. The number of aromatic carboxylic acids is 1. The summed E-state index contributed by atoms with van der Waals surface area (Å²) in [4.78, 5) is 28.2. The van der Waals surface area contributed by atoms with Crippen molar-refractivity contribution in [3.8, 4) is 5.88 Å². The monoisotopic (exact) mass is 348 g/mol. The first-order valence-electron chi connectivity index (χ1n) is 7.42. The number of carbonyl (C=O) groups excluding carboxylic acids is 1. The number of nitrogens with zero attached hydrogens (tertiary/aromatic N) is 1. The fourth-order valence-electron chi connectivity index (χ4n) is 2.25. The molecular weight excluding hydrogens is 332 g/mol. The van der Waals surface area contributed by atoms with Crippen molar-refractivity contribution in [3.05, 3.63) is 45.8 Å². The van der Waals surface area contributed by atoms with Gasteiger partial charge in [0.2, 0.25) is 5.88 Å². The third-order valence-electron chi connectivity index (χ3n) is 3.47. The van der Waals surface area contributed by atoms with Crippen LogP contribution in [0.2, 0.25) is 0 Å². The van der Waals surface area contributed by atoms with Gasteiger partial charge in [-0.25, -0.2) is 9.78 Å². The van der Waals surface area contributed by atoms with E-state index in [0.29, 0.717) is 24.7 Å². The zero-order chi connectivity index (χ0) is 16.9. The topological polar surface area (TPSA) is 97.8 Å². The van der Waals surface area contributed by atoms with Crippen LogP contribution < -0.4 is 10.1 Å². The van der Waals surface area contributed by atoms with Crippen molar-refractivity contribution in [2.45, 2.75) is 19.1 Å². The zero-order valence-electron chi connectivity index (χ0n) is 12.7. The molecule has 0 radical (unpaired) electrons. The molecule has 1 unspecified atom stereocenters. The average Bonchev–Trinajstić information content (AvgIpc) is 3.24. The summed E-state index contributed by atoms with van der Waals surface area (Å²) in [6.07, 6.45) is 2.30. The number of aromatic nitrogens is 1. The van der Waals surface area contributed by atoms with Crippen LogP contribution in [0.3, 0.4) is 0 Å². The normalized spacial score (nSPS) is 16.8. The van der Waals surface area contributed by atoms with Gasteiger partial charge in [0.25, 0.3) is 5.91 Å². The van der Waals surface area contributed by atoms with Crippen molar-refractivity contribution in [3.63, 3.8) is 0 Å². The second-order valence-electron chi connectivity index (χ2n) is 5.24. The molecular formula is C16H16N2O5S. The van der Waals surface area contributed by atoms with Crippen molar-refractivity contribution in [2.75, 3.05) is 13.2 Å². The molecule has 1 atom stereocenters. The number of hydrogen-bond acceptors (Lipinski definition) is 6. The summed E-state index contributed by atoms with van der Waals surface area (Å²) in [5.41, 5.74) is 0.439. The Morgan fingerprint density at radius 1 is 1.42 bits per heavy atom. The Hall–Kier alpha value is -2.45. The van der Waals surface area contributed by atoms with E-state index in [1.807, 2.05) is 0 Å². The van der Waals surface area contributed by atoms with Crippen LogP contribution >= 0.6 is 11.3 Å². The van der Waals surface area contributed by atoms with Crippen molar-refractivity contribution in [2.24, 2.45) is 0 Å². The Morgan fingerprint density at radius 2 is 2.29 bits per heavy atom. The van der Waals surface area contributed by atoms with Crippen LogP contribution in [0, 0.1) is 0 Å². The van der Waals surface area contributed by atoms with E-state index in [1.165, 1.54) is 12.3 Å². The molecule has 3 heterocycles. The smallest absolute Gasteiger partial charge is 0.345 e. The van der Waals surface area contributed by atoms with E-state index in [4.69, 9.17) is 14.6 Å². The van der Waals surface area contributed by atoms with Gasteiger partial charge in [0.05, 0.1) is 19.8 Å². The van der Waals surface area contributed by atoms with Gasteiger partial charge in [0.15, 0.2) is 0 Å². The molecule has 126 valence electrons. The highest BCUT2D eigenvalue weighted by atomic mass is 32.1. The standard InChI is InChI=1S/C16H16N2O5S/c19-15(18-8-12-1-2-13(24-12)16(20)21)10-3-5-17-14(7-10)23-11-4-6-22-9-11/h1-3,5,7,11H,4,6,8-9H2,(H,18,19)(H,20,21). The Balaban J connectivity index is 1.58. The van der Waals surface area contributed by atoms with Gasteiger partial charge in [0.1, 0.15) is 11.0 Å². The molecule has 0 bridgehead atoms. The van der Waals surface area contributed by atoms with Crippen molar-refractivity contribution in [1.82, 2.24) is 10.3 Å². The third kappa shape index (κ3) is 4.09. The lowest BCUT2D eigenvalue weighted by Gasteiger charge is -2.11. The summed E-state index contributed by atoms with van der Waals surface area (Å²) >= 11 is 1.14. The van der Waals surface area contributed by atoms with Crippen LogP contribution in [0.4, 0.5) is 0 Å². The number of carboxylic acids is 1. The lowest BCUT2D eigenvalue weighted by molar-refractivity contribution is 0.0702. The lowest BCUT2D eigenvalue weighted by atomic mass is 10.2. The number of ether oxygens (including phenoxy) is 2. The molecule has 24 heavy (non-hydrogen) atoms. The Bertz CT molecular complexity index is 740. The van der Waals surface area contributed by atoms with E-state index in [9.17, 15) is 9.59 Å². The first-order valence-corrected chi connectivity index (χ1v) is 8.24. The number of rotatable bonds is 6. The molecule has 1 amide bonds. The maximum atomic E-state index is 12.2. The van der Waals surface area contributed by atoms with E-state index in [-0.39, 0.29) is 23.4 Å². The van der Waals surface area contributed by atoms with Crippen LogP contribution in [-0.2, 0) is 11.3 Å². The summed E-state index contributed by atoms with van der Waals surface area (Å²) in [6, 6.07) is 6.40. The van der Waals surface area contributed by atoms with E-state index >= 15 is 0 Å². The largest absolute Gasteiger partial charge is 0.477 e. The van der Waals surface area contributed by atoms with E-state index in [2.05, 4.69) is 10.3 Å². The third-order valence-corrected chi connectivity index (χ3v) is 4.54. The van der Waals surface area contributed by atoms with Gasteiger partial charge in [0, 0.05) is 29.1 Å². The highest BCUT2D eigenvalue weighted by molar-refractivity contribution is 7.13. The molecule has 8 heteroatoms. The molecule has 0 saturated carbocycles. The fourth-order valence-corrected chi connectivity index (χ4v) is 3.04. The molecule has 1 aliphatic heterocycles. The second kappa shape index (κ2) is 7.41. The summed E-state index contributed by atoms with van der Waals surface area (Å²) < 4.78 is 10.9. The molecule has 1 aliphatic rings. The van der Waals surface area contributed by atoms with Crippen LogP contribution in [0.25, 0.3) is 0 Å². The Kier molecular flexibility index (Phi) is 5.07. The van der Waals surface area contributed by atoms with E-state index in [0.717, 1.165) is 22.6 Å². The summed E-state index contributed by atoms with van der Waals surface area (Å²) in [7, 11) is 0. The van der Waals surface area contributed by atoms with Crippen molar-refractivity contribution in [1.29, 1.82) is 0 Å². The minimum atomic E-state index is -0.968. The first kappa shape index (κ1) is 16.4. The Labute approximate surface area is 142 Å². The number of nitrogens with one attached hydrogen (secondary N) is 1. The number of carboxylic acid groups (broad SMARTS) is 1. The summed E-state index contributed by atoms with van der Waals surface area (Å²) in [5.74, 6) is -0.845. The zero-order valence-corrected chi connectivity index (χ0v) is 13.5. The van der Waals surface area contributed by atoms with Gasteiger partial charge < -0.3 is 19.9 Å². The van der Waals surface area contributed by atoms with Gasteiger partial charge in [-0.15, -0.1) is 11.3 Å². The molecule has 3 rings (SSSR count). The van der Waals surface area contributed by atoms with E-state index in [1.54, 1.807) is 18.2 Å². The van der Waals surface area contributed by atoms with Gasteiger partial charge in [-0.2, -0.15) is 0 Å². The van der Waals surface area contributed by atoms with Gasteiger partial charge in [-0.1, -0.05) is 0 Å². The van der Waals surface area contributed by atoms with Gasteiger partial charge >= 0.3 is 5.97 Å². The van der Waals surface area contributed by atoms with Crippen LogP contribution in [-0.4, -0.2) is 41.3 Å². The molecule has 1 saturated heterocycles. The van der Waals surface area contributed by atoms with Gasteiger partial charge in [-0.3, -0.25) is 4.79 Å². The summed E-state index contributed by atoms with van der Waals surface area (Å²) in [5, 5.41) is 11.7. The number of carbonyl (C=O) groups is 2. The average molecular weight is 348 g/mol. The number of pyridine rings is 1. The molecule has 0 spiro atoms. The maximum Gasteiger partial charge on any atom is 0.345 e. The highest BCUT2D eigenvalue weighted by Gasteiger charge is 2.18. The molecule has 1 fully saturated rings. The summed E-state index contributed by atoms with van der Waals surface area (Å²) in [6.45, 7) is 1.47. The maximum absolute atomic E-state index is 12.2. The van der Waals surface area contributed by atoms with Crippen molar-refractivity contribution >= 4 is 23.2 Å². The van der Waals surface area contributed by atoms with Crippen LogP contribution in [0.5, 0.6) is 5.88 Å². The number of amides is 1. The number of hydrogen-bond donors (Lipinski definition) is 2. The quantitative estimate of drug-likeness (QED) is 0.828. The second-order valence-corrected chi connectivity index (χ2v) is 6.41. The van der Waals surface area contributed by atoms with E-state index < -0.39 is 5.97 Å². The predicted molar refractivity (Wildman–Crippen MR) is 86.5 cm³/mol. The van der Waals surface area contributed by atoms with Crippen LogP contribution in [0.1, 0.15) is 31.3 Å².